The van der Waals surface area contributed by atoms with E-state index in [9.17, 15) is 4.79 Å². The zero-order valence-electron chi connectivity index (χ0n) is 9.32. The van der Waals surface area contributed by atoms with Gasteiger partial charge in [-0.05, 0) is 5.92 Å². The van der Waals surface area contributed by atoms with E-state index in [0.29, 0.717) is 18.2 Å². The Morgan fingerprint density at radius 2 is 2.20 bits per heavy atom. The minimum atomic E-state index is -0.169. The second-order valence-corrected chi connectivity index (χ2v) is 3.77. The molecule has 0 amide bonds. The standard InChI is InChI=1S/C11H17NO3/c1-7(2)8(6-12)10-11(14-3)9(13)4-5-15-10/h4-5,7-8H,6,12H2,1-3H3. The van der Waals surface area contributed by atoms with Crippen LogP contribution in [0, 0.1) is 5.92 Å². The van der Waals surface area contributed by atoms with Crippen molar-refractivity contribution in [2.45, 2.75) is 19.8 Å². The minimum Gasteiger partial charge on any atom is -0.490 e. The smallest absolute Gasteiger partial charge is 0.227 e. The number of hydrogen-bond donors (Lipinski definition) is 1. The van der Waals surface area contributed by atoms with E-state index in [1.165, 1.54) is 19.4 Å². The van der Waals surface area contributed by atoms with Crippen molar-refractivity contribution >= 4 is 0 Å². The Labute approximate surface area is 89.0 Å². The van der Waals surface area contributed by atoms with E-state index in [1.807, 2.05) is 13.8 Å². The van der Waals surface area contributed by atoms with Crippen LogP contribution in [-0.4, -0.2) is 13.7 Å². The third-order valence-electron chi connectivity index (χ3n) is 2.46. The van der Waals surface area contributed by atoms with Gasteiger partial charge in [0.15, 0.2) is 5.76 Å². The van der Waals surface area contributed by atoms with Gasteiger partial charge in [-0.15, -0.1) is 0 Å². The summed E-state index contributed by atoms with van der Waals surface area (Å²) in [5.41, 5.74) is 5.49. The van der Waals surface area contributed by atoms with Gasteiger partial charge in [0.2, 0.25) is 11.2 Å². The quantitative estimate of drug-likeness (QED) is 0.816. The molecule has 0 aliphatic carbocycles. The van der Waals surface area contributed by atoms with Crippen LogP contribution in [0.3, 0.4) is 0 Å². The summed E-state index contributed by atoms with van der Waals surface area (Å²) < 4.78 is 10.4. The fourth-order valence-electron chi connectivity index (χ4n) is 1.56. The minimum absolute atomic E-state index is 0.00819. The first-order chi connectivity index (χ1) is 7.11. The van der Waals surface area contributed by atoms with Crippen molar-refractivity contribution in [3.63, 3.8) is 0 Å². The molecule has 84 valence electrons. The first-order valence-corrected chi connectivity index (χ1v) is 4.97. The van der Waals surface area contributed by atoms with E-state index < -0.39 is 0 Å². The summed E-state index contributed by atoms with van der Waals surface area (Å²) in [5.74, 6) is 1.12. The molecule has 1 atom stereocenters. The number of methoxy groups -OCH3 is 1. The maximum atomic E-state index is 11.5. The van der Waals surface area contributed by atoms with Gasteiger partial charge in [-0.3, -0.25) is 4.79 Å². The van der Waals surface area contributed by atoms with Crippen LogP contribution >= 0.6 is 0 Å². The summed E-state index contributed by atoms with van der Waals surface area (Å²) in [6.45, 7) is 4.49. The number of rotatable bonds is 4. The van der Waals surface area contributed by atoms with E-state index in [-0.39, 0.29) is 17.1 Å². The average Bonchev–Trinajstić information content (AvgIpc) is 2.18. The average molecular weight is 211 g/mol. The Bertz CT molecular complexity index is 370. The van der Waals surface area contributed by atoms with Gasteiger partial charge in [0.25, 0.3) is 0 Å². The zero-order valence-corrected chi connectivity index (χ0v) is 9.32. The van der Waals surface area contributed by atoms with Crippen LogP contribution in [0.4, 0.5) is 0 Å². The van der Waals surface area contributed by atoms with Crippen molar-refractivity contribution in [2.24, 2.45) is 11.7 Å². The molecule has 0 aromatic carbocycles. The van der Waals surface area contributed by atoms with Gasteiger partial charge in [0.1, 0.15) is 0 Å². The molecule has 1 unspecified atom stereocenters. The normalized spacial score (nSPS) is 12.9. The summed E-state index contributed by atoms with van der Waals surface area (Å²) in [6.07, 6.45) is 1.38. The van der Waals surface area contributed by atoms with Gasteiger partial charge in [0, 0.05) is 18.5 Å². The lowest BCUT2D eigenvalue weighted by Crippen LogP contribution is -2.20. The first-order valence-electron chi connectivity index (χ1n) is 4.97. The highest BCUT2D eigenvalue weighted by molar-refractivity contribution is 5.28. The molecule has 0 aliphatic rings. The number of nitrogens with two attached hydrogens (primary N) is 1. The van der Waals surface area contributed by atoms with Crippen LogP contribution in [0.5, 0.6) is 5.75 Å². The lowest BCUT2D eigenvalue weighted by atomic mass is 9.92. The van der Waals surface area contributed by atoms with E-state index in [4.69, 9.17) is 14.9 Å². The highest BCUT2D eigenvalue weighted by Gasteiger charge is 2.22. The molecule has 0 saturated heterocycles. The van der Waals surface area contributed by atoms with Crippen LogP contribution in [0.15, 0.2) is 21.5 Å². The van der Waals surface area contributed by atoms with Crippen molar-refractivity contribution in [2.75, 3.05) is 13.7 Å². The van der Waals surface area contributed by atoms with Crippen molar-refractivity contribution in [1.29, 1.82) is 0 Å². The predicted molar refractivity (Wildman–Crippen MR) is 58.2 cm³/mol. The molecule has 1 aromatic heterocycles. The van der Waals surface area contributed by atoms with Crippen molar-refractivity contribution in [1.82, 2.24) is 0 Å². The van der Waals surface area contributed by atoms with Crippen LogP contribution in [0.25, 0.3) is 0 Å². The van der Waals surface area contributed by atoms with E-state index in [2.05, 4.69) is 0 Å². The molecule has 0 saturated carbocycles. The highest BCUT2D eigenvalue weighted by atomic mass is 16.5. The molecule has 0 aliphatic heterocycles. The largest absolute Gasteiger partial charge is 0.490 e. The Kier molecular flexibility index (Phi) is 3.91. The Balaban J connectivity index is 3.23. The Hall–Kier alpha value is -1.29. The van der Waals surface area contributed by atoms with Gasteiger partial charge in [0.05, 0.1) is 13.4 Å². The molecule has 0 spiro atoms. The molecule has 1 aromatic rings. The molecule has 4 nitrogen and oxygen atoms in total. The third kappa shape index (κ3) is 2.39. The molecule has 4 heteroatoms. The summed E-state index contributed by atoms with van der Waals surface area (Å²) >= 11 is 0. The monoisotopic (exact) mass is 211 g/mol. The second kappa shape index (κ2) is 4.98. The predicted octanol–water partition coefficient (Wildman–Crippen LogP) is 1.35. The molecule has 0 fully saturated rings. The van der Waals surface area contributed by atoms with Gasteiger partial charge in [-0.25, -0.2) is 0 Å². The van der Waals surface area contributed by atoms with Crippen LogP contribution in [0.1, 0.15) is 25.5 Å². The molecular formula is C11H17NO3. The maximum Gasteiger partial charge on any atom is 0.227 e. The van der Waals surface area contributed by atoms with E-state index in [0.717, 1.165) is 0 Å². The van der Waals surface area contributed by atoms with Crippen molar-refractivity contribution in [3.05, 3.63) is 28.3 Å². The molecular weight excluding hydrogens is 194 g/mol. The summed E-state index contributed by atoms with van der Waals surface area (Å²) in [7, 11) is 1.46. The second-order valence-electron chi connectivity index (χ2n) is 3.77. The molecule has 0 bridgehead atoms. The van der Waals surface area contributed by atoms with Crippen LogP contribution < -0.4 is 15.9 Å². The van der Waals surface area contributed by atoms with Gasteiger partial charge in [-0.2, -0.15) is 0 Å². The lowest BCUT2D eigenvalue weighted by molar-refractivity contribution is 0.330. The SMILES string of the molecule is COc1c(C(CN)C(C)C)occc1=O. The van der Waals surface area contributed by atoms with Gasteiger partial charge < -0.3 is 14.9 Å². The molecule has 1 heterocycles. The Morgan fingerprint density at radius 1 is 1.53 bits per heavy atom. The zero-order chi connectivity index (χ0) is 11.4. The number of hydrogen-bond acceptors (Lipinski definition) is 4. The van der Waals surface area contributed by atoms with E-state index >= 15 is 0 Å². The molecule has 1 rings (SSSR count). The summed E-state index contributed by atoms with van der Waals surface area (Å²) in [4.78, 5) is 11.5. The highest BCUT2D eigenvalue weighted by Crippen LogP contribution is 2.28. The third-order valence-corrected chi connectivity index (χ3v) is 2.46. The van der Waals surface area contributed by atoms with Gasteiger partial charge in [-0.1, -0.05) is 13.8 Å². The summed E-state index contributed by atoms with van der Waals surface area (Å²) in [5, 5.41) is 0. The van der Waals surface area contributed by atoms with Crippen LogP contribution in [0.2, 0.25) is 0 Å². The molecule has 0 radical (unpaired) electrons. The molecule has 15 heavy (non-hydrogen) atoms. The topological polar surface area (TPSA) is 65.5 Å². The van der Waals surface area contributed by atoms with Crippen LogP contribution in [-0.2, 0) is 0 Å². The van der Waals surface area contributed by atoms with E-state index in [1.54, 1.807) is 0 Å². The lowest BCUT2D eigenvalue weighted by Gasteiger charge is -2.19. The maximum absolute atomic E-state index is 11.5. The first kappa shape index (κ1) is 11.8. The molecule has 2 N–H and O–H groups in total. The van der Waals surface area contributed by atoms with Crippen molar-refractivity contribution in [3.8, 4) is 5.75 Å². The Morgan fingerprint density at radius 3 is 2.67 bits per heavy atom. The summed E-state index contributed by atoms with van der Waals surface area (Å²) in [6, 6.07) is 1.34. The van der Waals surface area contributed by atoms with Gasteiger partial charge >= 0.3 is 0 Å². The van der Waals surface area contributed by atoms with Crippen molar-refractivity contribution < 1.29 is 9.15 Å². The fourth-order valence-corrected chi connectivity index (χ4v) is 1.56. The fraction of sp³-hybridized carbons (Fsp3) is 0.545. The number of ether oxygens (including phenoxy) is 1.